The fourth-order valence-corrected chi connectivity index (χ4v) is 2.22. The summed E-state index contributed by atoms with van der Waals surface area (Å²) < 4.78 is 5.27. The van der Waals surface area contributed by atoms with E-state index in [1.165, 1.54) is 0 Å². The van der Waals surface area contributed by atoms with Gasteiger partial charge in [-0.3, -0.25) is 5.43 Å². The maximum Gasteiger partial charge on any atom is 0.386 e. The lowest BCUT2D eigenvalue weighted by atomic mass is 10.4. The van der Waals surface area contributed by atoms with Crippen LogP contribution < -0.4 is 5.43 Å². The van der Waals surface area contributed by atoms with Gasteiger partial charge < -0.3 is 4.74 Å². The summed E-state index contributed by atoms with van der Waals surface area (Å²) in [5, 5.41) is 6.21. The molecule has 0 radical (unpaired) electrons. The second kappa shape index (κ2) is 3.57. The molecule has 2 unspecified atom stereocenters. The average molecular weight is 225 g/mol. The maximum absolute atomic E-state index is 11.9. The molecule has 6 heteroatoms. The van der Waals surface area contributed by atoms with Gasteiger partial charge in [0.15, 0.2) is 0 Å². The highest BCUT2D eigenvalue weighted by Crippen LogP contribution is 2.31. The van der Waals surface area contributed by atoms with Gasteiger partial charge in [-0.25, -0.2) is 4.79 Å². The number of quaternary nitrogens is 1. The Balaban J connectivity index is 2.31. The molecule has 0 aliphatic carbocycles. The first-order valence-electron chi connectivity index (χ1n) is 5.30. The Morgan fingerprint density at radius 1 is 1.75 bits per heavy atom. The van der Waals surface area contributed by atoms with Gasteiger partial charge in [0.05, 0.1) is 6.61 Å². The molecule has 2 rings (SSSR count). The summed E-state index contributed by atoms with van der Waals surface area (Å²) in [4.78, 5) is 11.9. The number of hydrogen-bond donors (Lipinski definition) is 1. The van der Waals surface area contributed by atoms with Crippen molar-refractivity contribution >= 4 is 11.7 Å². The Labute approximate surface area is 94.7 Å². The van der Waals surface area contributed by atoms with Crippen molar-refractivity contribution in [3.63, 3.8) is 0 Å². The molecule has 2 heterocycles. The van der Waals surface area contributed by atoms with Crippen molar-refractivity contribution in [2.45, 2.75) is 20.0 Å². The second-order valence-electron chi connectivity index (χ2n) is 4.15. The summed E-state index contributed by atoms with van der Waals surface area (Å²) >= 11 is 0. The molecule has 2 atom stereocenters. The molecule has 0 aromatic rings. The Hall–Kier alpha value is -1.40. The van der Waals surface area contributed by atoms with Crippen molar-refractivity contribution in [3.8, 4) is 0 Å². The van der Waals surface area contributed by atoms with Crippen LogP contribution in [-0.2, 0) is 9.53 Å². The normalized spacial score (nSPS) is 32.9. The van der Waals surface area contributed by atoms with E-state index in [1.807, 2.05) is 27.1 Å². The summed E-state index contributed by atoms with van der Waals surface area (Å²) in [7, 11) is 3.70. The number of allylic oxidation sites excluding steroid dienone is 1. The van der Waals surface area contributed by atoms with E-state index in [2.05, 4.69) is 10.5 Å². The monoisotopic (exact) mass is 225 g/mol. The number of hydrogen-bond acceptors (Lipinski definition) is 5. The van der Waals surface area contributed by atoms with E-state index >= 15 is 0 Å². The summed E-state index contributed by atoms with van der Waals surface area (Å²) in [5.41, 5.74) is 4.04. The molecule has 16 heavy (non-hydrogen) atoms. The number of likely N-dealkylation sites (N-methyl/N-ethyl adjacent to an activating group) is 2. The van der Waals surface area contributed by atoms with E-state index < -0.39 is 6.17 Å². The number of ether oxygens (including phenoxy) is 1. The van der Waals surface area contributed by atoms with Crippen molar-refractivity contribution < 1.29 is 14.1 Å². The predicted molar refractivity (Wildman–Crippen MR) is 58.7 cm³/mol. The topological polar surface area (TPSA) is 53.9 Å². The zero-order valence-corrected chi connectivity index (χ0v) is 10.0. The highest BCUT2D eigenvalue weighted by molar-refractivity contribution is 5.94. The van der Waals surface area contributed by atoms with Crippen LogP contribution >= 0.6 is 0 Å². The van der Waals surface area contributed by atoms with Crippen molar-refractivity contribution in [1.29, 1.82) is 0 Å². The van der Waals surface area contributed by atoms with Crippen LogP contribution in [0.2, 0.25) is 0 Å². The molecule has 0 aromatic carbocycles. The highest BCUT2D eigenvalue weighted by Gasteiger charge is 2.55. The molecule has 0 spiro atoms. The third-order valence-corrected chi connectivity index (χ3v) is 2.83. The number of rotatable bonds is 2. The minimum absolute atomic E-state index is 0.196. The molecule has 2 aliphatic heterocycles. The van der Waals surface area contributed by atoms with Crippen molar-refractivity contribution in [2.75, 3.05) is 20.7 Å². The minimum Gasteiger partial charge on any atom is -0.460 e. The van der Waals surface area contributed by atoms with Crippen LogP contribution in [-0.4, -0.2) is 48.1 Å². The molecule has 6 nitrogen and oxygen atoms in total. The first-order chi connectivity index (χ1) is 7.49. The Morgan fingerprint density at radius 2 is 2.44 bits per heavy atom. The summed E-state index contributed by atoms with van der Waals surface area (Å²) in [6.07, 6.45) is 1.49. The molecule has 1 fully saturated rings. The van der Waals surface area contributed by atoms with E-state index in [9.17, 15) is 4.79 Å². The van der Waals surface area contributed by atoms with Crippen molar-refractivity contribution in [3.05, 3.63) is 11.9 Å². The Bertz CT molecular complexity index is 390. The van der Waals surface area contributed by atoms with Crippen LogP contribution in [0.1, 0.15) is 13.8 Å². The lowest BCUT2D eigenvalue weighted by molar-refractivity contribution is -0.890. The van der Waals surface area contributed by atoms with E-state index in [0.717, 1.165) is 11.5 Å². The molecule has 0 amide bonds. The predicted octanol–water partition coefficient (Wildman–Crippen LogP) is 0.00310. The third kappa shape index (κ3) is 1.42. The number of carbonyl (C=O) groups excluding carboxylic acids is 1. The van der Waals surface area contributed by atoms with Crippen LogP contribution in [0.5, 0.6) is 0 Å². The number of nitrogens with one attached hydrogen (secondary N) is 1. The van der Waals surface area contributed by atoms with Crippen LogP contribution in [0.25, 0.3) is 0 Å². The molecular weight excluding hydrogens is 208 g/mol. The zero-order chi connectivity index (χ0) is 11.9. The average Bonchev–Trinajstić information content (AvgIpc) is 2.52. The maximum atomic E-state index is 11.9. The number of carbonyl (C=O) groups is 1. The van der Waals surface area contributed by atoms with Gasteiger partial charge in [-0.15, -0.1) is 4.59 Å². The zero-order valence-electron chi connectivity index (χ0n) is 10.0. The van der Waals surface area contributed by atoms with Gasteiger partial charge in [-0.2, -0.15) is 5.01 Å². The van der Waals surface area contributed by atoms with Crippen LogP contribution in [0.3, 0.4) is 0 Å². The van der Waals surface area contributed by atoms with Crippen LogP contribution in [0, 0.1) is 0 Å². The first-order valence-corrected chi connectivity index (χ1v) is 5.30. The van der Waals surface area contributed by atoms with Gasteiger partial charge in [0.2, 0.25) is 5.82 Å². The number of hydrazine groups is 1. The van der Waals surface area contributed by atoms with Gasteiger partial charge >= 0.3 is 5.97 Å². The fraction of sp³-hybridized carbons (Fsp3) is 0.600. The molecule has 2 aliphatic rings. The van der Waals surface area contributed by atoms with Gasteiger partial charge in [-0.05, 0) is 13.8 Å². The summed E-state index contributed by atoms with van der Waals surface area (Å²) in [6, 6.07) is 0. The van der Waals surface area contributed by atoms with Crippen LogP contribution in [0.15, 0.2) is 17.0 Å². The lowest BCUT2D eigenvalue weighted by Gasteiger charge is -2.25. The molecule has 1 N–H and O–H groups in total. The largest absolute Gasteiger partial charge is 0.460 e. The Morgan fingerprint density at radius 3 is 3.06 bits per heavy atom. The highest BCUT2D eigenvalue weighted by atomic mass is 16.5. The van der Waals surface area contributed by atoms with Crippen molar-refractivity contribution in [2.24, 2.45) is 5.10 Å². The lowest BCUT2D eigenvalue weighted by Crippen LogP contribution is -2.52. The number of esters is 1. The van der Waals surface area contributed by atoms with E-state index in [0.29, 0.717) is 6.61 Å². The van der Waals surface area contributed by atoms with Crippen molar-refractivity contribution in [1.82, 2.24) is 10.4 Å². The number of nitrogens with zero attached hydrogens (tertiary/aromatic N) is 3. The van der Waals surface area contributed by atoms with Gasteiger partial charge in [-0.1, -0.05) is 5.10 Å². The van der Waals surface area contributed by atoms with Crippen LogP contribution in [0.4, 0.5) is 0 Å². The minimum atomic E-state index is -0.455. The van der Waals surface area contributed by atoms with Gasteiger partial charge in [0.1, 0.15) is 12.8 Å². The van der Waals surface area contributed by atoms with E-state index in [-0.39, 0.29) is 10.6 Å². The third-order valence-electron chi connectivity index (χ3n) is 2.83. The van der Waals surface area contributed by atoms with E-state index in [4.69, 9.17) is 4.74 Å². The van der Waals surface area contributed by atoms with Gasteiger partial charge in [0.25, 0.3) is 6.17 Å². The fourth-order valence-electron chi connectivity index (χ4n) is 2.22. The van der Waals surface area contributed by atoms with Gasteiger partial charge in [0, 0.05) is 13.1 Å². The quantitative estimate of drug-likeness (QED) is 0.531. The second-order valence-corrected chi connectivity index (χ2v) is 4.15. The van der Waals surface area contributed by atoms with E-state index in [1.54, 1.807) is 11.9 Å². The smallest absolute Gasteiger partial charge is 0.386 e. The standard InChI is InChI=1S/C10H17N4O2/c1-5-16-10(15)9-13(3)11-8-6-7(2)12-14(8,9)4/h6,9,11H,5H2,1-4H3/q+1. The number of fused-ring (bicyclic) bond motifs is 1. The summed E-state index contributed by atoms with van der Waals surface area (Å²) in [5.74, 6) is 0.639. The Kier molecular flexibility index (Phi) is 2.47. The molecule has 0 aromatic heterocycles. The molecule has 88 valence electrons. The summed E-state index contributed by atoms with van der Waals surface area (Å²) in [6.45, 7) is 4.10. The molecule has 1 saturated heterocycles. The SMILES string of the molecule is CCOC(=O)C1N(C)NC2=CC(C)=N[N+]21C. The molecule has 0 saturated carbocycles. The molecular formula is C10H17N4O2+. The molecule has 0 bridgehead atoms. The first kappa shape index (κ1) is 11.1.